The number of aliphatic hydroxyl groups excluding tert-OH is 1. The molecule has 50 heavy (non-hydrogen) atoms. The molecule has 11 heteroatoms. The standard InChI is InChI=1S/C39H41N5O5Si/c1-47-33-19-15-31(16-20-33)39(30-13-8-5-9-14-30,32-17-21-34(48-2)22-18-32)49-28-50(3,27-45)24-10-23-44-26-42-35-36(40-25-41-37(35)44)43-38(46)29-11-6-4-7-12-29/h4-9,11-22,25-26,45H,10,23-24,27-28H2,1-3H3,(H,40,41,43,46). The number of amides is 1. The molecule has 2 N–H and O–H groups in total. The number of fused-ring (bicyclic) bond motifs is 1. The number of nitrogens with one attached hydrogen (secondary N) is 1. The summed E-state index contributed by atoms with van der Waals surface area (Å²) in [5, 5.41) is 13.7. The second kappa shape index (κ2) is 15.5. The summed E-state index contributed by atoms with van der Waals surface area (Å²) in [7, 11) is 0.928. The number of ether oxygens (including phenoxy) is 3. The average molecular weight is 688 g/mol. The largest absolute Gasteiger partial charge is 0.497 e. The minimum Gasteiger partial charge on any atom is -0.497 e. The van der Waals surface area contributed by atoms with Crippen molar-refractivity contribution in [3.8, 4) is 11.5 Å². The van der Waals surface area contributed by atoms with Gasteiger partial charge in [-0.1, -0.05) is 85.4 Å². The zero-order valence-electron chi connectivity index (χ0n) is 28.5. The zero-order chi connectivity index (χ0) is 35.0. The molecule has 2 heterocycles. The number of carbonyl (C=O) groups excluding carboxylic acids is 1. The van der Waals surface area contributed by atoms with E-state index in [9.17, 15) is 9.90 Å². The van der Waals surface area contributed by atoms with Gasteiger partial charge in [0.25, 0.3) is 5.91 Å². The highest BCUT2D eigenvalue weighted by atomic mass is 28.3. The summed E-state index contributed by atoms with van der Waals surface area (Å²) in [5.41, 5.74) is 3.60. The number of hydrogen-bond donors (Lipinski definition) is 2. The Morgan fingerprint density at radius 3 is 1.96 bits per heavy atom. The van der Waals surface area contributed by atoms with Crippen LogP contribution < -0.4 is 14.8 Å². The molecule has 0 aliphatic rings. The normalized spacial score (nSPS) is 12.7. The number of imidazole rings is 1. The first-order valence-electron chi connectivity index (χ1n) is 16.5. The minimum absolute atomic E-state index is 0.0611. The first-order valence-corrected chi connectivity index (χ1v) is 19.6. The number of nitrogens with zero attached hydrogens (tertiary/aromatic N) is 4. The van der Waals surface area contributed by atoms with E-state index in [0.29, 0.717) is 35.3 Å². The van der Waals surface area contributed by atoms with Crippen molar-refractivity contribution < 1.29 is 24.1 Å². The van der Waals surface area contributed by atoms with Crippen LogP contribution in [0.1, 0.15) is 33.5 Å². The minimum atomic E-state index is -2.38. The number of hydrogen-bond acceptors (Lipinski definition) is 8. The fourth-order valence-electron chi connectivity index (χ4n) is 6.13. The van der Waals surface area contributed by atoms with Crippen LogP contribution in [-0.2, 0) is 16.9 Å². The molecule has 1 atom stereocenters. The van der Waals surface area contributed by atoms with Gasteiger partial charge in [-0.15, -0.1) is 0 Å². The fraction of sp³-hybridized carbons (Fsp3) is 0.231. The van der Waals surface area contributed by atoms with Crippen molar-refractivity contribution >= 4 is 31.0 Å². The van der Waals surface area contributed by atoms with Crippen molar-refractivity contribution in [1.82, 2.24) is 19.5 Å². The Morgan fingerprint density at radius 1 is 0.800 bits per heavy atom. The highest BCUT2D eigenvalue weighted by Gasteiger charge is 2.40. The van der Waals surface area contributed by atoms with E-state index in [1.165, 1.54) is 6.33 Å². The first-order chi connectivity index (χ1) is 24.4. The highest BCUT2D eigenvalue weighted by molar-refractivity contribution is 6.78. The van der Waals surface area contributed by atoms with Gasteiger partial charge in [-0.3, -0.25) is 4.79 Å². The molecule has 6 aromatic rings. The fourth-order valence-corrected chi connectivity index (χ4v) is 8.11. The lowest BCUT2D eigenvalue weighted by molar-refractivity contribution is 0.0378. The molecule has 10 nitrogen and oxygen atoms in total. The quantitative estimate of drug-likeness (QED) is 0.0911. The topological polar surface area (TPSA) is 121 Å². The smallest absolute Gasteiger partial charge is 0.256 e. The predicted octanol–water partition coefficient (Wildman–Crippen LogP) is 6.64. The zero-order valence-corrected chi connectivity index (χ0v) is 29.5. The summed E-state index contributed by atoms with van der Waals surface area (Å²) in [4.78, 5) is 26.1. The van der Waals surface area contributed by atoms with Gasteiger partial charge in [-0.25, -0.2) is 15.0 Å². The molecule has 0 radical (unpaired) electrons. The number of aryl methyl sites for hydroxylation is 1. The van der Waals surface area contributed by atoms with Gasteiger partial charge in [0.15, 0.2) is 17.0 Å². The average Bonchev–Trinajstić information content (AvgIpc) is 3.60. The van der Waals surface area contributed by atoms with Gasteiger partial charge in [0.2, 0.25) is 0 Å². The molecule has 0 bridgehead atoms. The molecule has 256 valence electrons. The van der Waals surface area contributed by atoms with Crippen molar-refractivity contribution in [1.29, 1.82) is 0 Å². The van der Waals surface area contributed by atoms with Gasteiger partial charge in [0, 0.05) is 24.6 Å². The van der Waals surface area contributed by atoms with E-state index < -0.39 is 13.7 Å². The Hall–Kier alpha value is -5.36. The molecule has 0 aliphatic carbocycles. The van der Waals surface area contributed by atoms with Crippen LogP contribution in [-0.4, -0.2) is 65.3 Å². The van der Waals surface area contributed by atoms with E-state index in [1.54, 1.807) is 32.7 Å². The van der Waals surface area contributed by atoms with Gasteiger partial charge in [-0.05, 0) is 59.5 Å². The number of anilines is 1. The Kier molecular flexibility index (Phi) is 10.7. The van der Waals surface area contributed by atoms with Gasteiger partial charge in [0.05, 0.1) is 20.5 Å². The SMILES string of the molecule is COc1ccc(C(OC[Si](C)(CO)CCCn2cnc3c(NC(=O)c4ccccc4)ncnc32)(c2ccccc2)c2ccc(OC)cc2)cc1. The van der Waals surface area contributed by atoms with Crippen LogP contribution in [0.25, 0.3) is 11.2 Å². The second-order valence-electron chi connectivity index (χ2n) is 12.5. The molecule has 2 aromatic heterocycles. The highest BCUT2D eigenvalue weighted by Crippen LogP contribution is 2.42. The van der Waals surface area contributed by atoms with Crippen LogP contribution in [0.15, 0.2) is 122 Å². The van der Waals surface area contributed by atoms with Crippen LogP contribution in [0, 0.1) is 0 Å². The summed E-state index contributed by atoms with van der Waals surface area (Å²) >= 11 is 0. The number of rotatable bonds is 15. The number of aliphatic hydroxyl groups is 1. The number of carbonyl (C=O) groups is 1. The molecule has 1 unspecified atom stereocenters. The van der Waals surface area contributed by atoms with E-state index in [4.69, 9.17) is 14.2 Å². The summed E-state index contributed by atoms with van der Waals surface area (Å²) in [5.74, 6) is 1.60. The van der Waals surface area contributed by atoms with E-state index in [-0.39, 0.29) is 12.1 Å². The Balaban J connectivity index is 1.23. The molecule has 0 saturated heterocycles. The van der Waals surface area contributed by atoms with Crippen LogP contribution in [0.2, 0.25) is 12.6 Å². The predicted molar refractivity (Wildman–Crippen MR) is 196 cm³/mol. The maximum absolute atomic E-state index is 12.8. The van der Waals surface area contributed by atoms with Crippen LogP contribution in [0.5, 0.6) is 11.5 Å². The van der Waals surface area contributed by atoms with Gasteiger partial charge in [0.1, 0.15) is 31.5 Å². The second-order valence-corrected chi connectivity index (χ2v) is 17.2. The lowest BCUT2D eigenvalue weighted by Crippen LogP contribution is -2.46. The Bertz CT molecular complexity index is 1960. The summed E-state index contributed by atoms with van der Waals surface area (Å²) < 4.78 is 20.1. The molecule has 0 fully saturated rings. The third kappa shape index (κ3) is 7.30. The van der Waals surface area contributed by atoms with Gasteiger partial charge < -0.3 is 29.2 Å². The molecular formula is C39H41N5O5Si. The van der Waals surface area contributed by atoms with Crippen molar-refractivity contribution in [2.75, 3.05) is 32.0 Å². The lowest BCUT2D eigenvalue weighted by atomic mass is 9.80. The Morgan fingerprint density at radius 2 is 1.38 bits per heavy atom. The van der Waals surface area contributed by atoms with E-state index in [1.807, 2.05) is 89.5 Å². The van der Waals surface area contributed by atoms with Gasteiger partial charge in [-0.2, -0.15) is 0 Å². The van der Waals surface area contributed by atoms with Crippen molar-refractivity contribution in [2.45, 2.75) is 31.2 Å². The van der Waals surface area contributed by atoms with Crippen LogP contribution >= 0.6 is 0 Å². The molecule has 6 rings (SSSR count). The molecule has 0 saturated carbocycles. The summed E-state index contributed by atoms with van der Waals surface area (Å²) in [6.45, 7) is 2.80. The van der Waals surface area contributed by atoms with E-state index in [0.717, 1.165) is 40.7 Å². The first kappa shape index (κ1) is 34.5. The molecule has 1 amide bonds. The molecule has 4 aromatic carbocycles. The monoisotopic (exact) mass is 687 g/mol. The number of aromatic nitrogens is 4. The third-order valence-corrected chi connectivity index (χ3v) is 12.2. The maximum Gasteiger partial charge on any atom is 0.256 e. The van der Waals surface area contributed by atoms with Gasteiger partial charge >= 0.3 is 0 Å². The number of benzene rings is 4. The van der Waals surface area contributed by atoms with Crippen molar-refractivity contribution in [3.63, 3.8) is 0 Å². The summed E-state index contributed by atoms with van der Waals surface area (Å²) in [6, 6.07) is 35.9. The third-order valence-electron chi connectivity index (χ3n) is 9.04. The molecule has 0 spiro atoms. The Labute approximate surface area is 292 Å². The number of methoxy groups -OCH3 is 2. The van der Waals surface area contributed by atoms with E-state index in [2.05, 4.69) is 38.9 Å². The van der Waals surface area contributed by atoms with Crippen LogP contribution in [0.3, 0.4) is 0 Å². The van der Waals surface area contributed by atoms with Crippen LogP contribution in [0.4, 0.5) is 5.82 Å². The molecule has 0 aliphatic heterocycles. The van der Waals surface area contributed by atoms with Crippen molar-refractivity contribution in [3.05, 3.63) is 144 Å². The van der Waals surface area contributed by atoms with E-state index >= 15 is 0 Å². The summed E-state index contributed by atoms with van der Waals surface area (Å²) in [6.07, 6.45) is 4.39. The van der Waals surface area contributed by atoms with Crippen molar-refractivity contribution in [2.24, 2.45) is 0 Å². The maximum atomic E-state index is 12.8. The lowest BCUT2D eigenvalue weighted by Gasteiger charge is -2.39. The molecular weight excluding hydrogens is 647 g/mol.